The van der Waals surface area contributed by atoms with E-state index in [9.17, 15) is 8.42 Å². The Morgan fingerprint density at radius 3 is 2.95 bits per heavy atom. The number of rotatable bonds is 5. The van der Waals surface area contributed by atoms with Crippen LogP contribution < -0.4 is 9.62 Å². The summed E-state index contributed by atoms with van der Waals surface area (Å²) in [5.41, 5.74) is 1.96. The van der Waals surface area contributed by atoms with Gasteiger partial charge in [0.05, 0.1) is 11.4 Å². The van der Waals surface area contributed by atoms with E-state index in [4.69, 9.17) is 0 Å². The van der Waals surface area contributed by atoms with Crippen LogP contribution >= 0.6 is 11.8 Å². The zero-order valence-electron chi connectivity index (χ0n) is 13.0. The molecule has 0 radical (unpaired) electrons. The number of anilines is 1. The molecule has 1 N–H and O–H groups in total. The maximum atomic E-state index is 12.1. The maximum Gasteiger partial charge on any atom is 0.235 e. The summed E-state index contributed by atoms with van der Waals surface area (Å²) >= 11 is 2.05. The summed E-state index contributed by atoms with van der Waals surface area (Å²) in [6.07, 6.45) is 3.35. The molecule has 2 aliphatic rings. The standard InChI is InChI=1S/C16H24N2O2S2/c1-13(17-12-16-7-3-9-21-16)14-5-2-6-15(11-14)18-8-4-10-22(18,19)20/h2,5-6,11,13,16-17H,3-4,7-10,12H2,1H3. The van der Waals surface area contributed by atoms with Gasteiger partial charge in [-0.1, -0.05) is 12.1 Å². The van der Waals surface area contributed by atoms with E-state index in [1.54, 1.807) is 4.31 Å². The smallest absolute Gasteiger partial charge is 0.235 e. The Kier molecular flexibility index (Phi) is 5.00. The van der Waals surface area contributed by atoms with Crippen molar-refractivity contribution >= 4 is 27.5 Å². The third kappa shape index (κ3) is 3.60. The third-order valence-corrected chi connectivity index (χ3v) is 7.70. The van der Waals surface area contributed by atoms with Crippen molar-refractivity contribution in [2.45, 2.75) is 37.5 Å². The van der Waals surface area contributed by atoms with Crippen molar-refractivity contribution in [3.8, 4) is 0 Å². The first-order valence-corrected chi connectivity index (χ1v) is 10.7. The number of hydrogen-bond acceptors (Lipinski definition) is 4. The van der Waals surface area contributed by atoms with Crippen LogP contribution in [0.4, 0.5) is 5.69 Å². The quantitative estimate of drug-likeness (QED) is 0.895. The first kappa shape index (κ1) is 16.1. The van der Waals surface area contributed by atoms with E-state index in [-0.39, 0.29) is 11.8 Å². The van der Waals surface area contributed by atoms with Gasteiger partial charge < -0.3 is 5.32 Å². The molecule has 4 nitrogen and oxygen atoms in total. The zero-order valence-corrected chi connectivity index (χ0v) is 14.6. The van der Waals surface area contributed by atoms with Crippen molar-refractivity contribution in [1.82, 2.24) is 5.32 Å². The number of benzene rings is 1. The van der Waals surface area contributed by atoms with Crippen LogP contribution in [0.1, 0.15) is 37.8 Å². The Bertz CT molecular complexity index is 612. The van der Waals surface area contributed by atoms with Crippen LogP contribution in [0.5, 0.6) is 0 Å². The molecular weight excluding hydrogens is 316 g/mol. The molecule has 6 heteroatoms. The fourth-order valence-corrected chi connectivity index (χ4v) is 5.88. The van der Waals surface area contributed by atoms with Gasteiger partial charge >= 0.3 is 0 Å². The van der Waals surface area contributed by atoms with E-state index in [1.807, 2.05) is 18.2 Å². The second-order valence-corrected chi connectivity index (χ2v) is 9.52. The molecule has 22 heavy (non-hydrogen) atoms. The van der Waals surface area contributed by atoms with Gasteiger partial charge in [0.25, 0.3) is 0 Å². The van der Waals surface area contributed by atoms with Gasteiger partial charge in [0, 0.05) is 24.4 Å². The van der Waals surface area contributed by atoms with Crippen LogP contribution in [0.3, 0.4) is 0 Å². The molecule has 0 amide bonds. The third-order valence-electron chi connectivity index (χ3n) is 4.43. The molecule has 2 fully saturated rings. The van der Waals surface area contributed by atoms with Crippen LogP contribution in [0.25, 0.3) is 0 Å². The summed E-state index contributed by atoms with van der Waals surface area (Å²) in [5.74, 6) is 1.55. The molecule has 2 saturated heterocycles. The van der Waals surface area contributed by atoms with Gasteiger partial charge in [0.2, 0.25) is 10.0 Å². The maximum absolute atomic E-state index is 12.1. The zero-order chi connectivity index (χ0) is 15.6. The van der Waals surface area contributed by atoms with Gasteiger partial charge in [0.15, 0.2) is 0 Å². The normalized spacial score (nSPS) is 25.5. The Morgan fingerprint density at radius 2 is 2.27 bits per heavy atom. The van der Waals surface area contributed by atoms with E-state index in [0.717, 1.165) is 29.5 Å². The number of nitrogens with zero attached hydrogens (tertiary/aromatic N) is 1. The summed E-state index contributed by atoms with van der Waals surface area (Å²) in [7, 11) is -3.10. The molecule has 2 aliphatic heterocycles. The number of thioether (sulfide) groups is 1. The highest BCUT2D eigenvalue weighted by molar-refractivity contribution is 8.00. The first-order chi connectivity index (χ1) is 10.6. The first-order valence-electron chi connectivity index (χ1n) is 8.01. The van der Waals surface area contributed by atoms with Gasteiger partial charge in [-0.3, -0.25) is 4.31 Å². The minimum Gasteiger partial charge on any atom is -0.309 e. The van der Waals surface area contributed by atoms with E-state index in [1.165, 1.54) is 18.6 Å². The molecule has 0 aromatic heterocycles. The average Bonchev–Trinajstić information content (AvgIpc) is 3.13. The van der Waals surface area contributed by atoms with Gasteiger partial charge in [-0.25, -0.2) is 8.42 Å². The highest BCUT2D eigenvalue weighted by Crippen LogP contribution is 2.28. The topological polar surface area (TPSA) is 49.4 Å². The predicted molar refractivity (Wildman–Crippen MR) is 94.1 cm³/mol. The largest absolute Gasteiger partial charge is 0.309 e. The lowest BCUT2D eigenvalue weighted by Gasteiger charge is -2.21. The lowest BCUT2D eigenvalue weighted by molar-refractivity contribution is 0.559. The number of hydrogen-bond donors (Lipinski definition) is 1. The molecule has 0 spiro atoms. The Morgan fingerprint density at radius 1 is 1.41 bits per heavy atom. The van der Waals surface area contributed by atoms with E-state index in [0.29, 0.717) is 6.54 Å². The SMILES string of the molecule is CC(NCC1CCCS1)c1cccc(N2CCCS2(=O)=O)c1. The summed E-state index contributed by atoms with van der Waals surface area (Å²) in [6, 6.07) is 8.19. The van der Waals surface area contributed by atoms with E-state index < -0.39 is 10.0 Å². The summed E-state index contributed by atoms with van der Waals surface area (Å²) in [6.45, 7) is 3.78. The number of sulfonamides is 1. The molecule has 2 heterocycles. The molecule has 1 aromatic carbocycles. The Labute approximate surface area is 137 Å². The lowest BCUT2D eigenvalue weighted by atomic mass is 10.1. The highest BCUT2D eigenvalue weighted by Gasteiger charge is 2.28. The molecular formula is C16H24N2O2S2. The van der Waals surface area contributed by atoms with Crippen LogP contribution in [0.15, 0.2) is 24.3 Å². The summed E-state index contributed by atoms with van der Waals surface area (Å²) in [5, 5.41) is 4.32. The van der Waals surface area contributed by atoms with Crippen LogP contribution in [0, 0.1) is 0 Å². The van der Waals surface area contributed by atoms with E-state index >= 15 is 0 Å². The average molecular weight is 341 g/mol. The van der Waals surface area contributed by atoms with Crippen LogP contribution in [0.2, 0.25) is 0 Å². The second-order valence-electron chi connectivity index (χ2n) is 6.10. The van der Waals surface area contributed by atoms with Crippen LogP contribution in [-0.4, -0.2) is 38.3 Å². The van der Waals surface area contributed by atoms with Crippen molar-refractivity contribution in [1.29, 1.82) is 0 Å². The van der Waals surface area contributed by atoms with E-state index in [2.05, 4.69) is 30.1 Å². The molecule has 0 aliphatic carbocycles. The summed E-state index contributed by atoms with van der Waals surface area (Å²) < 4.78 is 25.7. The molecule has 0 bridgehead atoms. The molecule has 2 atom stereocenters. The predicted octanol–water partition coefficient (Wildman–Crippen LogP) is 2.77. The fraction of sp³-hybridized carbons (Fsp3) is 0.625. The monoisotopic (exact) mass is 340 g/mol. The van der Waals surface area contributed by atoms with Crippen molar-refractivity contribution < 1.29 is 8.42 Å². The van der Waals surface area contributed by atoms with Gasteiger partial charge in [-0.15, -0.1) is 0 Å². The summed E-state index contributed by atoms with van der Waals surface area (Å²) in [4.78, 5) is 0. The van der Waals surface area contributed by atoms with Crippen molar-refractivity contribution in [2.75, 3.05) is 28.9 Å². The Hall–Kier alpha value is -0.720. The lowest BCUT2D eigenvalue weighted by Crippen LogP contribution is -2.27. The van der Waals surface area contributed by atoms with Crippen molar-refractivity contribution in [2.24, 2.45) is 0 Å². The minimum absolute atomic E-state index is 0.242. The van der Waals surface area contributed by atoms with Gasteiger partial charge in [-0.2, -0.15) is 11.8 Å². The minimum atomic E-state index is -3.10. The molecule has 122 valence electrons. The molecule has 0 saturated carbocycles. The highest BCUT2D eigenvalue weighted by atomic mass is 32.2. The van der Waals surface area contributed by atoms with Crippen molar-refractivity contribution in [3.05, 3.63) is 29.8 Å². The van der Waals surface area contributed by atoms with Gasteiger partial charge in [-0.05, 0) is 49.6 Å². The van der Waals surface area contributed by atoms with Crippen LogP contribution in [-0.2, 0) is 10.0 Å². The molecule has 3 rings (SSSR count). The molecule has 2 unspecified atom stereocenters. The van der Waals surface area contributed by atoms with Crippen molar-refractivity contribution in [3.63, 3.8) is 0 Å². The van der Waals surface area contributed by atoms with Gasteiger partial charge in [0.1, 0.15) is 0 Å². The fourth-order valence-electron chi connectivity index (χ4n) is 3.11. The second kappa shape index (κ2) is 6.81. The Balaban J connectivity index is 1.67. The number of nitrogens with one attached hydrogen (secondary N) is 1. The molecule has 1 aromatic rings.